The third-order valence-electron chi connectivity index (χ3n) is 4.00. The van der Waals surface area contributed by atoms with Gasteiger partial charge in [-0.15, -0.1) is 0 Å². The monoisotopic (exact) mass is 225 g/mol. The fourth-order valence-corrected chi connectivity index (χ4v) is 2.85. The van der Waals surface area contributed by atoms with Crippen molar-refractivity contribution in [2.24, 2.45) is 0 Å². The molecule has 2 aromatic rings. The highest BCUT2D eigenvalue weighted by Crippen LogP contribution is 2.46. The van der Waals surface area contributed by atoms with Gasteiger partial charge in [-0.25, -0.2) is 0 Å². The fraction of sp³-hybridized carbons (Fsp3) is 0.400. The number of aldehydes is 1. The van der Waals surface area contributed by atoms with E-state index in [1.54, 1.807) is 0 Å². The van der Waals surface area contributed by atoms with Gasteiger partial charge in [0, 0.05) is 28.7 Å². The normalized spacial score (nSPS) is 19.8. The molecule has 1 aromatic heterocycles. The summed E-state index contributed by atoms with van der Waals surface area (Å²) in [5, 5.41) is 1.22. The van der Waals surface area contributed by atoms with Crippen molar-refractivity contribution in [3.8, 4) is 0 Å². The van der Waals surface area contributed by atoms with Gasteiger partial charge in [0.2, 0.25) is 0 Å². The first-order chi connectivity index (χ1) is 8.38. The van der Waals surface area contributed by atoms with Crippen LogP contribution in [0.5, 0.6) is 0 Å². The van der Waals surface area contributed by atoms with Gasteiger partial charge in [0.15, 0.2) is 6.29 Å². The van der Waals surface area contributed by atoms with E-state index in [4.69, 9.17) is 0 Å². The van der Waals surface area contributed by atoms with E-state index in [1.165, 1.54) is 42.1 Å². The minimum atomic E-state index is 0.639. The maximum absolute atomic E-state index is 11.3. The highest BCUT2D eigenvalue weighted by atomic mass is 16.1. The second-order valence-electron chi connectivity index (χ2n) is 5.36. The van der Waals surface area contributed by atoms with Crippen LogP contribution in [0, 0.1) is 0 Å². The predicted molar refractivity (Wildman–Crippen MR) is 67.6 cm³/mol. The Hall–Kier alpha value is -1.57. The molecule has 0 saturated heterocycles. The van der Waals surface area contributed by atoms with Gasteiger partial charge in [-0.1, -0.05) is 12.1 Å². The number of carbonyl (C=O) groups is 1. The molecular weight excluding hydrogens is 210 g/mol. The highest BCUT2D eigenvalue weighted by Gasteiger charge is 2.30. The molecule has 0 amide bonds. The summed E-state index contributed by atoms with van der Waals surface area (Å²) in [4.78, 5) is 11.3. The molecule has 4 rings (SSSR count). The lowest BCUT2D eigenvalue weighted by Crippen LogP contribution is -1.90. The van der Waals surface area contributed by atoms with E-state index in [0.29, 0.717) is 12.0 Å². The van der Waals surface area contributed by atoms with E-state index in [1.807, 2.05) is 0 Å². The summed E-state index contributed by atoms with van der Waals surface area (Å²) in [6.45, 7) is 0. The number of nitrogens with zero attached hydrogens (tertiary/aromatic N) is 1. The Balaban J connectivity index is 2.04. The quantitative estimate of drug-likeness (QED) is 0.730. The Kier molecular flexibility index (Phi) is 1.79. The highest BCUT2D eigenvalue weighted by molar-refractivity contribution is 6.00. The average molecular weight is 225 g/mol. The molecule has 2 nitrogen and oxygen atoms in total. The van der Waals surface area contributed by atoms with Crippen LogP contribution in [-0.4, -0.2) is 10.9 Å². The summed E-state index contributed by atoms with van der Waals surface area (Å²) in [6.07, 6.45) is 8.16. The first kappa shape index (κ1) is 9.46. The lowest BCUT2D eigenvalue weighted by molar-refractivity contribution is 0.112. The zero-order chi connectivity index (χ0) is 11.4. The Morgan fingerprint density at radius 2 is 2.00 bits per heavy atom. The lowest BCUT2D eigenvalue weighted by atomic mass is 10.0. The molecule has 2 aliphatic carbocycles. The Morgan fingerprint density at radius 1 is 1.18 bits per heavy atom. The molecule has 1 aromatic carbocycles. The van der Waals surface area contributed by atoms with Crippen molar-refractivity contribution >= 4 is 17.2 Å². The first-order valence-electron chi connectivity index (χ1n) is 6.47. The average Bonchev–Trinajstić information content (AvgIpc) is 3.23. The third kappa shape index (κ3) is 1.36. The van der Waals surface area contributed by atoms with Crippen LogP contribution in [-0.2, 0) is 0 Å². The summed E-state index contributed by atoms with van der Waals surface area (Å²) in [5.41, 5.74) is 3.54. The van der Waals surface area contributed by atoms with Crippen LogP contribution >= 0.6 is 0 Å². The molecule has 0 aliphatic heterocycles. The van der Waals surface area contributed by atoms with Crippen molar-refractivity contribution < 1.29 is 4.79 Å². The minimum absolute atomic E-state index is 0.639. The van der Waals surface area contributed by atoms with Gasteiger partial charge < -0.3 is 4.57 Å². The van der Waals surface area contributed by atoms with E-state index in [-0.39, 0.29) is 0 Å². The zero-order valence-corrected chi connectivity index (χ0v) is 9.73. The Labute approximate surface area is 100 Å². The molecular formula is C15H15NO. The van der Waals surface area contributed by atoms with Crippen molar-refractivity contribution in [1.82, 2.24) is 4.57 Å². The Bertz CT molecular complexity index is 603. The van der Waals surface area contributed by atoms with Gasteiger partial charge in [0.05, 0.1) is 0 Å². The van der Waals surface area contributed by atoms with Crippen LogP contribution in [0.3, 0.4) is 0 Å². The first-order valence-corrected chi connectivity index (χ1v) is 6.47. The molecule has 17 heavy (non-hydrogen) atoms. The van der Waals surface area contributed by atoms with E-state index in [2.05, 4.69) is 29.0 Å². The summed E-state index contributed by atoms with van der Waals surface area (Å²) in [6, 6.07) is 7.14. The molecule has 2 saturated carbocycles. The van der Waals surface area contributed by atoms with Crippen LogP contribution in [0.2, 0.25) is 0 Å². The zero-order valence-electron chi connectivity index (χ0n) is 9.73. The van der Waals surface area contributed by atoms with Gasteiger partial charge in [0.25, 0.3) is 0 Å². The summed E-state index contributed by atoms with van der Waals surface area (Å²) in [7, 11) is 0. The number of fused-ring (bicyclic) bond motifs is 1. The second-order valence-corrected chi connectivity index (χ2v) is 5.36. The predicted octanol–water partition coefficient (Wildman–Crippen LogP) is 3.67. The van der Waals surface area contributed by atoms with E-state index in [9.17, 15) is 4.79 Å². The number of aromatic nitrogens is 1. The van der Waals surface area contributed by atoms with Crippen molar-refractivity contribution in [3.05, 3.63) is 35.5 Å². The van der Waals surface area contributed by atoms with Crippen LogP contribution in [0.1, 0.15) is 53.6 Å². The third-order valence-corrected chi connectivity index (χ3v) is 4.00. The smallest absolute Gasteiger partial charge is 0.152 e. The van der Waals surface area contributed by atoms with Gasteiger partial charge >= 0.3 is 0 Å². The van der Waals surface area contributed by atoms with Gasteiger partial charge in [-0.3, -0.25) is 4.79 Å². The molecule has 0 unspecified atom stereocenters. The van der Waals surface area contributed by atoms with Gasteiger partial charge in [-0.05, 0) is 43.2 Å². The summed E-state index contributed by atoms with van der Waals surface area (Å²) < 4.78 is 2.31. The minimum Gasteiger partial charge on any atom is -0.344 e. The van der Waals surface area contributed by atoms with E-state index >= 15 is 0 Å². The number of hydrogen-bond acceptors (Lipinski definition) is 1. The van der Waals surface area contributed by atoms with E-state index in [0.717, 1.165) is 11.8 Å². The van der Waals surface area contributed by atoms with Crippen LogP contribution in [0.15, 0.2) is 24.4 Å². The van der Waals surface area contributed by atoms with Crippen LogP contribution in [0.4, 0.5) is 0 Å². The van der Waals surface area contributed by atoms with Crippen LogP contribution in [0.25, 0.3) is 10.9 Å². The Morgan fingerprint density at radius 3 is 2.65 bits per heavy atom. The molecule has 2 aliphatic rings. The molecule has 0 N–H and O–H groups in total. The standard InChI is InChI=1S/C15H15NO/c17-9-11-8-16(12-6-7-12)14-3-1-2-13(15(11)14)10-4-5-10/h1-3,8-10,12H,4-7H2. The van der Waals surface area contributed by atoms with Gasteiger partial charge in [-0.2, -0.15) is 0 Å². The summed E-state index contributed by atoms with van der Waals surface area (Å²) >= 11 is 0. The maximum Gasteiger partial charge on any atom is 0.152 e. The second kappa shape index (κ2) is 3.22. The van der Waals surface area contributed by atoms with Crippen molar-refractivity contribution in [3.63, 3.8) is 0 Å². The van der Waals surface area contributed by atoms with E-state index < -0.39 is 0 Å². The van der Waals surface area contributed by atoms with Crippen molar-refractivity contribution in [1.29, 1.82) is 0 Å². The molecule has 1 heterocycles. The number of hydrogen-bond donors (Lipinski definition) is 0. The fourth-order valence-electron chi connectivity index (χ4n) is 2.85. The van der Waals surface area contributed by atoms with Crippen molar-refractivity contribution in [2.75, 3.05) is 0 Å². The summed E-state index contributed by atoms with van der Waals surface area (Å²) in [5.74, 6) is 0.701. The van der Waals surface area contributed by atoms with Gasteiger partial charge in [0.1, 0.15) is 0 Å². The number of rotatable bonds is 3. The molecule has 0 spiro atoms. The van der Waals surface area contributed by atoms with Crippen molar-refractivity contribution in [2.45, 2.75) is 37.6 Å². The number of carbonyl (C=O) groups excluding carboxylic acids is 1. The molecule has 2 heteroatoms. The molecule has 0 radical (unpaired) electrons. The number of benzene rings is 1. The molecule has 86 valence electrons. The maximum atomic E-state index is 11.3. The molecule has 2 fully saturated rings. The topological polar surface area (TPSA) is 22.0 Å². The lowest BCUT2D eigenvalue weighted by Gasteiger charge is -2.05. The van der Waals surface area contributed by atoms with Crippen LogP contribution < -0.4 is 0 Å². The largest absolute Gasteiger partial charge is 0.344 e. The molecule has 0 bridgehead atoms. The SMILES string of the molecule is O=Cc1cn(C2CC2)c2cccc(C3CC3)c12. The molecule has 0 atom stereocenters.